The number of hydrogen-bond donors (Lipinski definition) is 4. The van der Waals surface area contributed by atoms with Gasteiger partial charge in [0.1, 0.15) is 43.1 Å². The Morgan fingerprint density at radius 2 is 1.56 bits per heavy atom. The molecule has 0 radical (unpaired) electrons. The quantitative estimate of drug-likeness (QED) is 0.201. The number of fused-ring (bicyclic) bond motifs is 2. The molecule has 18 heteroatoms. The fraction of sp³-hybridized carbons (Fsp3) is 0.614. The van der Waals surface area contributed by atoms with Gasteiger partial charge in [-0.1, -0.05) is 53.4 Å². The Morgan fingerprint density at radius 1 is 0.887 bits per heavy atom. The van der Waals surface area contributed by atoms with Gasteiger partial charge in [-0.2, -0.15) is 0 Å². The molecule has 5 aliphatic rings. The highest BCUT2D eigenvalue weighted by molar-refractivity contribution is 6.38. The summed E-state index contributed by atoms with van der Waals surface area (Å²) < 4.78 is 17.5. The highest BCUT2D eigenvalue weighted by atomic mass is 16.6. The normalized spacial score (nSPS) is 21.2. The van der Waals surface area contributed by atoms with Crippen LogP contribution in [0.2, 0.25) is 0 Å². The van der Waals surface area contributed by atoms with E-state index in [0.29, 0.717) is 44.0 Å². The van der Waals surface area contributed by atoms with E-state index in [2.05, 4.69) is 31.2 Å². The fourth-order valence-electron chi connectivity index (χ4n) is 8.67. The summed E-state index contributed by atoms with van der Waals surface area (Å²) in [5.74, 6) is -3.01. The first-order valence-corrected chi connectivity index (χ1v) is 21.9. The first kappa shape index (κ1) is 44.3. The lowest BCUT2D eigenvalue weighted by atomic mass is 9.82. The van der Waals surface area contributed by atoms with Crippen LogP contribution < -0.4 is 30.7 Å². The van der Waals surface area contributed by atoms with Crippen molar-refractivity contribution < 1.29 is 47.8 Å². The predicted octanol–water partition coefficient (Wildman–Crippen LogP) is 2.71. The van der Waals surface area contributed by atoms with E-state index in [0.717, 1.165) is 43.2 Å². The Bertz CT molecular complexity index is 2000. The number of rotatable bonds is 14. The van der Waals surface area contributed by atoms with Gasteiger partial charge in [-0.15, -0.1) is 0 Å². The van der Waals surface area contributed by atoms with Gasteiger partial charge >= 0.3 is 6.09 Å². The number of aromatic nitrogens is 2. The molecule has 1 aromatic heterocycles. The Morgan fingerprint density at radius 3 is 2.16 bits per heavy atom. The molecule has 2 aromatic rings. The topological polar surface area (TPSA) is 228 Å². The standard InChI is InChI=1S/C44H58N8O10/c1-5-9-30(36(53)41(57)47-28-12-13-28)48-39(55)32-20-29(62-43(59)51-22-26-18-33-34(19-27(26)23-51)61-17-16-60-33)24-52(32)42(58)37(44(2,3)4)50-40(56)35(25-10-7-6-8-11-25)49-38(54)31-21-45-14-15-46-31/h14-15,18-19,21,25,28-30,32,35,37H,5-13,16-17,20,22-24H2,1-4H3,(H,47,57)(H,48,55)(H,49,54)(H,50,56)/t29-,30+,32+,35+,37-/m1/s1. The number of ether oxygens (including phenoxy) is 3. The largest absolute Gasteiger partial charge is 0.486 e. The van der Waals surface area contributed by atoms with E-state index >= 15 is 0 Å². The summed E-state index contributed by atoms with van der Waals surface area (Å²) in [4.78, 5) is 108. The molecule has 62 heavy (non-hydrogen) atoms. The third-order valence-corrected chi connectivity index (χ3v) is 12.2. The van der Waals surface area contributed by atoms with Crippen molar-refractivity contribution in [3.8, 4) is 11.5 Å². The first-order chi connectivity index (χ1) is 29.7. The number of carbonyl (C=O) groups is 7. The molecule has 18 nitrogen and oxygen atoms in total. The van der Waals surface area contributed by atoms with Gasteiger partial charge in [0, 0.05) is 37.9 Å². The van der Waals surface area contributed by atoms with Crippen LogP contribution >= 0.6 is 0 Å². The molecule has 4 N–H and O–H groups in total. The van der Waals surface area contributed by atoms with E-state index in [1.165, 1.54) is 28.4 Å². The minimum Gasteiger partial charge on any atom is -0.486 e. The smallest absolute Gasteiger partial charge is 0.410 e. The number of benzene rings is 1. The summed E-state index contributed by atoms with van der Waals surface area (Å²) in [6.07, 6.45) is 8.79. The maximum Gasteiger partial charge on any atom is 0.410 e. The molecular weight excluding hydrogens is 801 g/mol. The average molecular weight is 859 g/mol. The molecule has 3 fully saturated rings. The summed E-state index contributed by atoms with van der Waals surface area (Å²) in [7, 11) is 0. The molecule has 0 bridgehead atoms. The van der Waals surface area contributed by atoms with Crippen molar-refractivity contribution in [3.05, 3.63) is 47.5 Å². The lowest BCUT2D eigenvalue weighted by Crippen LogP contribution is -2.62. The Labute approximate surface area is 360 Å². The third kappa shape index (κ3) is 10.4. The van der Waals surface area contributed by atoms with Crippen LogP contribution in [0.1, 0.15) is 114 Å². The van der Waals surface area contributed by atoms with Crippen LogP contribution in [0.5, 0.6) is 11.5 Å². The second kappa shape index (κ2) is 19.1. The van der Waals surface area contributed by atoms with E-state index in [1.807, 2.05) is 19.1 Å². The minimum absolute atomic E-state index is 0.0425. The first-order valence-electron chi connectivity index (χ1n) is 21.9. The fourth-order valence-corrected chi connectivity index (χ4v) is 8.67. The van der Waals surface area contributed by atoms with Crippen molar-refractivity contribution in [2.75, 3.05) is 19.8 Å². The van der Waals surface area contributed by atoms with E-state index in [1.54, 1.807) is 20.8 Å². The van der Waals surface area contributed by atoms with E-state index in [9.17, 15) is 33.6 Å². The summed E-state index contributed by atoms with van der Waals surface area (Å²) in [5, 5.41) is 11.2. The molecule has 2 aliphatic carbocycles. The molecule has 1 saturated heterocycles. The van der Waals surface area contributed by atoms with Crippen LogP contribution in [0, 0.1) is 11.3 Å². The Hall–Kier alpha value is -5.81. The number of Topliss-reactive ketones (excluding diaryl/α,β-unsaturated/α-hetero) is 1. The average Bonchev–Trinajstić information content (AvgIpc) is 3.82. The van der Waals surface area contributed by atoms with Crippen molar-refractivity contribution in [2.24, 2.45) is 11.3 Å². The number of hydrogen-bond acceptors (Lipinski definition) is 12. The summed E-state index contributed by atoms with van der Waals surface area (Å²) >= 11 is 0. The molecule has 4 heterocycles. The van der Waals surface area contributed by atoms with Crippen LogP contribution in [0.3, 0.4) is 0 Å². The van der Waals surface area contributed by atoms with E-state index in [4.69, 9.17) is 14.2 Å². The molecule has 6 amide bonds. The van der Waals surface area contributed by atoms with Crippen molar-refractivity contribution in [2.45, 2.75) is 141 Å². The van der Waals surface area contributed by atoms with Gasteiger partial charge in [0.2, 0.25) is 23.5 Å². The van der Waals surface area contributed by atoms with Gasteiger partial charge in [-0.05, 0) is 66.7 Å². The van der Waals surface area contributed by atoms with Gasteiger partial charge < -0.3 is 40.4 Å². The molecule has 334 valence electrons. The van der Waals surface area contributed by atoms with Crippen LogP contribution in [0.25, 0.3) is 0 Å². The number of carbonyl (C=O) groups excluding carboxylic acids is 7. The summed E-state index contributed by atoms with van der Waals surface area (Å²) in [6.45, 7) is 8.32. The molecule has 2 saturated carbocycles. The molecule has 0 unspecified atom stereocenters. The zero-order valence-corrected chi connectivity index (χ0v) is 35.9. The lowest BCUT2D eigenvalue weighted by Gasteiger charge is -2.37. The predicted molar refractivity (Wildman–Crippen MR) is 221 cm³/mol. The summed E-state index contributed by atoms with van der Waals surface area (Å²) in [5.41, 5.74) is 0.893. The molecule has 1 aromatic carbocycles. The maximum absolute atomic E-state index is 14.9. The van der Waals surface area contributed by atoms with Gasteiger partial charge in [0.05, 0.1) is 18.8 Å². The lowest BCUT2D eigenvalue weighted by molar-refractivity contribution is -0.145. The maximum atomic E-state index is 14.9. The SMILES string of the molecule is CCC[C@H](NC(=O)[C@@H]1C[C@@H](OC(=O)N2Cc3cc4c(cc3C2)OCCO4)CN1C(=O)[C@@H](NC(=O)[C@@H](NC(=O)c1cnccn1)C1CCCCC1)C(C)(C)C)C(=O)C(=O)NC1CC1. The highest BCUT2D eigenvalue weighted by Crippen LogP contribution is 2.37. The second-order valence-corrected chi connectivity index (χ2v) is 18.1. The van der Waals surface area contributed by atoms with Crippen molar-refractivity contribution in [1.29, 1.82) is 0 Å². The highest BCUT2D eigenvalue weighted by Gasteiger charge is 2.48. The van der Waals surface area contributed by atoms with E-state index < -0.39 is 77.1 Å². The number of nitrogens with zero attached hydrogens (tertiary/aromatic N) is 4. The molecule has 3 aliphatic heterocycles. The molecular formula is C44H58N8O10. The van der Waals surface area contributed by atoms with Gasteiger partial charge in [0.15, 0.2) is 11.5 Å². The van der Waals surface area contributed by atoms with Gasteiger partial charge in [0.25, 0.3) is 11.8 Å². The zero-order chi connectivity index (χ0) is 44.1. The van der Waals surface area contributed by atoms with Crippen LogP contribution in [-0.4, -0.2) is 117 Å². The number of nitrogens with one attached hydrogen (secondary N) is 4. The number of ketones is 1. The van der Waals surface area contributed by atoms with Crippen LogP contribution in [0.4, 0.5) is 4.79 Å². The Balaban J connectivity index is 1.11. The zero-order valence-electron chi connectivity index (χ0n) is 35.9. The molecule has 0 spiro atoms. The van der Waals surface area contributed by atoms with Gasteiger partial charge in [-0.25, -0.2) is 9.78 Å². The number of likely N-dealkylation sites (tertiary alicyclic amines) is 1. The molecule has 5 atom stereocenters. The van der Waals surface area contributed by atoms with Crippen molar-refractivity contribution in [3.63, 3.8) is 0 Å². The third-order valence-electron chi connectivity index (χ3n) is 12.2. The number of amides is 6. The van der Waals surface area contributed by atoms with Crippen molar-refractivity contribution in [1.82, 2.24) is 41.0 Å². The van der Waals surface area contributed by atoms with Crippen LogP contribution in [0.15, 0.2) is 30.7 Å². The summed E-state index contributed by atoms with van der Waals surface area (Å²) in [6, 6.07) is -0.951. The molecule has 7 rings (SSSR count). The monoisotopic (exact) mass is 858 g/mol. The Kier molecular flexibility index (Phi) is 13.6. The van der Waals surface area contributed by atoms with Crippen molar-refractivity contribution >= 4 is 41.4 Å². The van der Waals surface area contributed by atoms with E-state index in [-0.39, 0.29) is 50.1 Å². The minimum atomic E-state index is -1.23. The van der Waals surface area contributed by atoms with Crippen LogP contribution in [-0.2, 0) is 41.8 Å². The van der Waals surface area contributed by atoms with Gasteiger partial charge in [-0.3, -0.25) is 38.7 Å². The second-order valence-electron chi connectivity index (χ2n) is 18.1.